The van der Waals surface area contributed by atoms with Crippen molar-refractivity contribution < 1.29 is 4.84 Å². The fourth-order valence-electron chi connectivity index (χ4n) is 9.85. The van der Waals surface area contributed by atoms with Gasteiger partial charge in [-0.15, -0.1) is 0 Å². The molecule has 8 fully saturated rings. The molecule has 1 aromatic rings. The molecule has 8 aliphatic rings. The average molecular weight is 436 g/mol. The number of aromatic amines is 1. The third-order valence-corrected chi connectivity index (χ3v) is 10.2. The molecule has 8 bridgehead atoms. The van der Waals surface area contributed by atoms with E-state index in [-0.39, 0.29) is 16.6 Å². The highest BCUT2D eigenvalue weighted by atomic mass is 16.6. The average Bonchev–Trinajstić information content (AvgIpc) is 3.10. The summed E-state index contributed by atoms with van der Waals surface area (Å²) in [5.41, 5.74) is 8.88. The number of oxime groups is 1. The van der Waals surface area contributed by atoms with Crippen LogP contribution in [0, 0.1) is 41.9 Å². The Hall–Kier alpha value is -1.85. The lowest BCUT2D eigenvalue weighted by atomic mass is 9.48. The summed E-state index contributed by atoms with van der Waals surface area (Å²) >= 11 is 0. The zero-order valence-electron chi connectivity index (χ0n) is 19.4. The van der Waals surface area contributed by atoms with Gasteiger partial charge in [0.05, 0.1) is 18.1 Å². The third-order valence-electron chi connectivity index (χ3n) is 10.2. The van der Waals surface area contributed by atoms with Gasteiger partial charge in [0.15, 0.2) is 0 Å². The highest BCUT2D eigenvalue weighted by Crippen LogP contribution is 2.63. The summed E-state index contributed by atoms with van der Waals surface area (Å²) < 4.78 is 0. The number of hydrogen-bond acceptors (Lipinski definition) is 4. The monoisotopic (exact) mass is 435 g/mol. The van der Waals surface area contributed by atoms with Crippen LogP contribution in [0.1, 0.15) is 88.4 Å². The molecule has 6 nitrogen and oxygen atoms in total. The number of rotatable bonds is 5. The highest BCUT2D eigenvalue weighted by Gasteiger charge is 2.61. The van der Waals surface area contributed by atoms with Crippen LogP contribution >= 0.6 is 0 Å². The standard InChI is InChI=1S/C26H37N5O/c1-16-22(29-15-28-16)13-30-32-26-11-20-5-21(12-26)10-25(9-20,14-26)31-23(27)24-6-17-2-18(7-24)4-19(3-17)8-24/h13,15,17-21H,2-12,14H2,1H3,(H2,27,31)(H,28,29). The van der Waals surface area contributed by atoms with Gasteiger partial charge in [-0.3, -0.25) is 4.99 Å². The van der Waals surface area contributed by atoms with Crippen LogP contribution in [0.25, 0.3) is 0 Å². The van der Waals surface area contributed by atoms with Crippen LogP contribution < -0.4 is 5.73 Å². The summed E-state index contributed by atoms with van der Waals surface area (Å²) in [5, 5.41) is 4.44. The predicted octanol–water partition coefficient (Wildman–Crippen LogP) is 4.73. The second-order valence-electron chi connectivity index (χ2n) is 12.8. The molecule has 1 heterocycles. The van der Waals surface area contributed by atoms with Crippen molar-refractivity contribution in [2.45, 2.75) is 95.1 Å². The second-order valence-corrected chi connectivity index (χ2v) is 12.8. The first-order chi connectivity index (χ1) is 15.4. The molecule has 0 aromatic carbocycles. The Morgan fingerprint density at radius 3 is 2.22 bits per heavy atom. The van der Waals surface area contributed by atoms with Crippen molar-refractivity contribution in [1.29, 1.82) is 0 Å². The first-order valence-corrected chi connectivity index (χ1v) is 13.0. The van der Waals surface area contributed by atoms with Crippen LogP contribution in [-0.2, 0) is 4.84 Å². The number of nitrogens with two attached hydrogens (primary N) is 1. The summed E-state index contributed by atoms with van der Waals surface area (Å²) in [7, 11) is 0. The fourth-order valence-corrected chi connectivity index (χ4v) is 9.85. The molecular weight excluding hydrogens is 398 g/mol. The SMILES string of the molecule is Cc1[nH]cnc1C=NOC12CC3CC(CC(N=C(N)C45CC6CC(CC(C6)C4)C5)(C3)C1)C2. The minimum absolute atomic E-state index is 0.0186. The topological polar surface area (TPSA) is 88.6 Å². The number of aromatic nitrogens is 2. The lowest BCUT2D eigenvalue weighted by Gasteiger charge is -2.60. The lowest BCUT2D eigenvalue weighted by Crippen LogP contribution is -2.60. The number of nitrogens with zero attached hydrogens (tertiary/aromatic N) is 3. The van der Waals surface area contributed by atoms with Crippen molar-refractivity contribution in [1.82, 2.24) is 9.97 Å². The normalized spacial score (nSPS) is 48.8. The van der Waals surface area contributed by atoms with Crippen molar-refractivity contribution in [3.05, 3.63) is 17.7 Å². The van der Waals surface area contributed by atoms with Gasteiger partial charge in [-0.25, -0.2) is 4.98 Å². The van der Waals surface area contributed by atoms with Gasteiger partial charge < -0.3 is 15.6 Å². The van der Waals surface area contributed by atoms with E-state index in [1.165, 1.54) is 57.8 Å². The molecule has 2 atom stereocenters. The summed E-state index contributed by atoms with van der Waals surface area (Å²) in [5.74, 6) is 5.13. The van der Waals surface area contributed by atoms with Crippen molar-refractivity contribution in [3.63, 3.8) is 0 Å². The van der Waals surface area contributed by atoms with Crippen LogP contribution in [0.15, 0.2) is 16.5 Å². The molecule has 0 amide bonds. The molecule has 6 heteroatoms. The Morgan fingerprint density at radius 1 is 1.00 bits per heavy atom. The molecule has 0 aliphatic heterocycles. The molecule has 8 saturated carbocycles. The molecule has 0 spiro atoms. The van der Waals surface area contributed by atoms with Crippen molar-refractivity contribution in [2.24, 2.45) is 50.9 Å². The molecule has 32 heavy (non-hydrogen) atoms. The number of nitrogens with one attached hydrogen (secondary N) is 1. The Bertz CT molecular complexity index is 927. The molecule has 172 valence electrons. The van der Waals surface area contributed by atoms with E-state index >= 15 is 0 Å². The lowest BCUT2D eigenvalue weighted by molar-refractivity contribution is -0.168. The molecule has 3 N–H and O–H groups in total. The quantitative estimate of drug-likeness (QED) is 0.398. The zero-order chi connectivity index (χ0) is 21.6. The maximum atomic E-state index is 6.99. The van der Waals surface area contributed by atoms with Crippen molar-refractivity contribution >= 4 is 12.1 Å². The fraction of sp³-hybridized carbons (Fsp3) is 0.808. The first-order valence-electron chi connectivity index (χ1n) is 13.0. The number of hydrogen-bond donors (Lipinski definition) is 2. The third kappa shape index (κ3) is 3.00. The molecule has 0 radical (unpaired) electrons. The molecular formula is C26H37N5O. The van der Waals surface area contributed by atoms with Crippen LogP contribution in [0.5, 0.6) is 0 Å². The summed E-state index contributed by atoms with van der Waals surface area (Å²) in [6.45, 7) is 2.01. The maximum Gasteiger partial charge on any atom is 0.140 e. The van der Waals surface area contributed by atoms with Crippen molar-refractivity contribution in [3.8, 4) is 0 Å². The molecule has 9 rings (SSSR count). The van der Waals surface area contributed by atoms with E-state index in [0.29, 0.717) is 11.8 Å². The van der Waals surface area contributed by atoms with Gasteiger partial charge in [-0.05, 0) is 107 Å². The van der Waals surface area contributed by atoms with Gasteiger partial charge in [-0.1, -0.05) is 5.16 Å². The van der Waals surface area contributed by atoms with Gasteiger partial charge in [0.1, 0.15) is 17.1 Å². The van der Waals surface area contributed by atoms with E-state index < -0.39 is 0 Å². The maximum absolute atomic E-state index is 6.99. The predicted molar refractivity (Wildman–Crippen MR) is 124 cm³/mol. The van der Waals surface area contributed by atoms with Gasteiger partial charge in [0.25, 0.3) is 0 Å². The van der Waals surface area contributed by atoms with Crippen LogP contribution in [-0.4, -0.2) is 33.2 Å². The molecule has 8 aliphatic carbocycles. The van der Waals surface area contributed by atoms with Crippen LogP contribution in [0.3, 0.4) is 0 Å². The van der Waals surface area contributed by atoms with Crippen molar-refractivity contribution in [2.75, 3.05) is 0 Å². The first kappa shape index (κ1) is 19.6. The minimum atomic E-state index is -0.171. The van der Waals surface area contributed by atoms with E-state index in [9.17, 15) is 0 Å². The van der Waals surface area contributed by atoms with E-state index in [0.717, 1.165) is 54.2 Å². The smallest absolute Gasteiger partial charge is 0.140 e. The summed E-state index contributed by atoms with van der Waals surface area (Å²) in [6.07, 6.45) is 18.7. The van der Waals surface area contributed by atoms with Gasteiger partial charge >= 0.3 is 0 Å². The number of imidazole rings is 1. The van der Waals surface area contributed by atoms with Crippen LogP contribution in [0.4, 0.5) is 0 Å². The molecule has 0 saturated heterocycles. The Balaban J connectivity index is 1.16. The molecule has 2 unspecified atom stereocenters. The van der Waals surface area contributed by atoms with E-state index in [1.807, 2.05) is 6.92 Å². The number of aliphatic imine (C=N–C) groups is 1. The Kier molecular flexibility index (Phi) is 4.04. The summed E-state index contributed by atoms with van der Waals surface area (Å²) in [6, 6.07) is 0. The highest BCUT2D eigenvalue weighted by molar-refractivity contribution is 5.87. The zero-order valence-corrected chi connectivity index (χ0v) is 19.4. The number of aryl methyl sites for hydroxylation is 1. The Labute approximate surface area is 190 Å². The number of amidine groups is 1. The largest absolute Gasteiger partial charge is 0.389 e. The molecule has 1 aromatic heterocycles. The van der Waals surface area contributed by atoms with E-state index in [4.69, 9.17) is 15.6 Å². The minimum Gasteiger partial charge on any atom is -0.389 e. The van der Waals surface area contributed by atoms with Crippen LogP contribution in [0.2, 0.25) is 0 Å². The van der Waals surface area contributed by atoms with E-state index in [2.05, 4.69) is 15.1 Å². The van der Waals surface area contributed by atoms with Gasteiger partial charge in [-0.2, -0.15) is 0 Å². The van der Waals surface area contributed by atoms with E-state index in [1.54, 1.807) is 12.5 Å². The van der Waals surface area contributed by atoms with Gasteiger partial charge in [0.2, 0.25) is 0 Å². The number of H-pyrrole nitrogens is 1. The second kappa shape index (κ2) is 6.60. The Morgan fingerprint density at radius 2 is 1.62 bits per heavy atom. The van der Waals surface area contributed by atoms with Gasteiger partial charge in [0, 0.05) is 17.5 Å². The summed E-state index contributed by atoms with van der Waals surface area (Å²) in [4.78, 5) is 19.3.